The lowest BCUT2D eigenvalue weighted by molar-refractivity contribution is -0.138. The summed E-state index contributed by atoms with van der Waals surface area (Å²) in [6.45, 7) is 0.321. The van der Waals surface area contributed by atoms with Crippen LogP contribution >= 0.6 is 15.9 Å². The lowest BCUT2D eigenvalue weighted by atomic mass is 10.1. The van der Waals surface area contributed by atoms with E-state index in [4.69, 9.17) is 9.47 Å². The number of carbonyl (C=O) groups excluding carboxylic acids is 2. The summed E-state index contributed by atoms with van der Waals surface area (Å²) in [6.07, 6.45) is -4.15. The van der Waals surface area contributed by atoms with Crippen molar-refractivity contribution in [1.29, 1.82) is 0 Å². The molecule has 0 unspecified atom stereocenters. The first-order chi connectivity index (χ1) is 13.2. The van der Waals surface area contributed by atoms with Crippen molar-refractivity contribution in [3.8, 4) is 11.5 Å². The number of amides is 2. The third-order valence-electron chi connectivity index (χ3n) is 3.87. The minimum absolute atomic E-state index is 0.133. The largest absolute Gasteiger partial charge is 0.454 e. The Kier molecular flexibility index (Phi) is 5.78. The Labute approximate surface area is 166 Å². The van der Waals surface area contributed by atoms with Crippen LogP contribution in [0.1, 0.15) is 11.1 Å². The maximum absolute atomic E-state index is 12.9. The number of rotatable bonds is 4. The lowest BCUT2D eigenvalue weighted by Gasteiger charge is -2.12. The summed E-state index contributed by atoms with van der Waals surface area (Å²) in [6, 6.07) is 8.49. The van der Waals surface area contributed by atoms with Gasteiger partial charge in [-0.3, -0.25) is 9.59 Å². The van der Waals surface area contributed by atoms with Gasteiger partial charge in [-0.2, -0.15) is 13.2 Å². The predicted molar refractivity (Wildman–Crippen MR) is 97.1 cm³/mol. The highest BCUT2D eigenvalue weighted by molar-refractivity contribution is 9.10. The number of hydrogen-bond donors (Lipinski definition) is 2. The first kappa shape index (κ1) is 20.0. The zero-order valence-electron chi connectivity index (χ0n) is 14.2. The van der Waals surface area contributed by atoms with E-state index in [9.17, 15) is 22.8 Å². The van der Waals surface area contributed by atoms with E-state index in [0.29, 0.717) is 17.9 Å². The van der Waals surface area contributed by atoms with Gasteiger partial charge in [0.1, 0.15) is 0 Å². The van der Waals surface area contributed by atoms with Gasteiger partial charge in [0, 0.05) is 16.7 Å². The molecule has 10 heteroatoms. The quantitative estimate of drug-likeness (QED) is 0.687. The van der Waals surface area contributed by atoms with Crippen molar-refractivity contribution in [2.45, 2.75) is 12.6 Å². The molecule has 0 saturated heterocycles. The predicted octanol–water partition coefficient (Wildman–Crippen LogP) is 3.49. The van der Waals surface area contributed by atoms with Crippen molar-refractivity contribution in [3.05, 3.63) is 52.0 Å². The van der Waals surface area contributed by atoms with Gasteiger partial charge in [-0.15, -0.1) is 0 Å². The second kappa shape index (κ2) is 8.09. The van der Waals surface area contributed by atoms with E-state index in [1.54, 1.807) is 18.2 Å². The van der Waals surface area contributed by atoms with E-state index in [0.717, 1.165) is 17.7 Å². The molecule has 0 bridgehead atoms. The van der Waals surface area contributed by atoms with Crippen molar-refractivity contribution >= 4 is 33.4 Å². The number of hydrogen-bond acceptors (Lipinski definition) is 4. The molecule has 0 spiro atoms. The van der Waals surface area contributed by atoms with Crippen molar-refractivity contribution in [3.63, 3.8) is 0 Å². The Morgan fingerprint density at radius 1 is 1.04 bits per heavy atom. The zero-order chi connectivity index (χ0) is 20.3. The van der Waals surface area contributed by atoms with Gasteiger partial charge in [-0.25, -0.2) is 0 Å². The SMILES string of the molecule is O=C(NCCc1ccc2c(c1)OCO2)C(=O)Nc1ccc(Br)c(C(F)(F)F)c1. The summed E-state index contributed by atoms with van der Waals surface area (Å²) in [5.41, 5.74) is -0.215. The number of anilines is 1. The third kappa shape index (κ3) is 4.75. The molecule has 28 heavy (non-hydrogen) atoms. The summed E-state index contributed by atoms with van der Waals surface area (Å²) in [4.78, 5) is 23.8. The molecule has 148 valence electrons. The fourth-order valence-corrected chi connectivity index (χ4v) is 2.98. The number of halogens is 4. The van der Waals surface area contributed by atoms with Crippen molar-refractivity contribution < 1.29 is 32.2 Å². The number of nitrogens with one attached hydrogen (secondary N) is 2. The number of alkyl halides is 3. The number of benzene rings is 2. The van der Waals surface area contributed by atoms with Gasteiger partial charge in [-0.05, 0) is 42.3 Å². The van der Waals surface area contributed by atoms with Crippen molar-refractivity contribution in [2.24, 2.45) is 0 Å². The number of fused-ring (bicyclic) bond motifs is 1. The van der Waals surface area contributed by atoms with Crippen LogP contribution in [0.2, 0.25) is 0 Å². The Morgan fingerprint density at radius 2 is 1.79 bits per heavy atom. The fourth-order valence-electron chi connectivity index (χ4n) is 2.51. The molecule has 0 radical (unpaired) electrons. The fraction of sp³-hybridized carbons (Fsp3) is 0.222. The van der Waals surface area contributed by atoms with Gasteiger partial charge in [0.05, 0.1) is 5.56 Å². The molecular weight excluding hydrogens is 445 g/mol. The summed E-state index contributed by atoms with van der Waals surface area (Å²) in [7, 11) is 0. The van der Waals surface area contributed by atoms with Crippen LogP contribution in [0, 0.1) is 0 Å². The van der Waals surface area contributed by atoms with Crippen molar-refractivity contribution in [1.82, 2.24) is 5.32 Å². The van der Waals surface area contributed by atoms with Gasteiger partial charge in [0.25, 0.3) is 0 Å². The van der Waals surface area contributed by atoms with E-state index in [-0.39, 0.29) is 23.5 Å². The van der Waals surface area contributed by atoms with Gasteiger partial charge < -0.3 is 20.1 Å². The monoisotopic (exact) mass is 458 g/mol. The molecule has 0 aliphatic carbocycles. The molecule has 2 aromatic carbocycles. The standard InChI is InChI=1S/C18H14BrF3N2O4/c19-13-3-2-11(8-12(13)18(20,21)22)24-17(26)16(25)23-6-5-10-1-4-14-15(7-10)28-9-27-14/h1-4,7-8H,5-6,9H2,(H,23,25)(H,24,26). The summed E-state index contributed by atoms with van der Waals surface area (Å²) in [5, 5.41) is 4.58. The second-order valence-electron chi connectivity index (χ2n) is 5.84. The number of carbonyl (C=O) groups is 2. The normalized spacial score (nSPS) is 12.6. The molecule has 1 aliphatic rings. The average molecular weight is 459 g/mol. The van der Waals surface area contributed by atoms with Crippen LogP contribution < -0.4 is 20.1 Å². The molecule has 6 nitrogen and oxygen atoms in total. The second-order valence-corrected chi connectivity index (χ2v) is 6.69. The Balaban J connectivity index is 1.53. The van der Waals surface area contributed by atoms with E-state index in [1.807, 2.05) is 0 Å². The van der Waals surface area contributed by atoms with Crippen LogP contribution in [0.15, 0.2) is 40.9 Å². The Bertz CT molecular complexity index is 918. The molecule has 0 fully saturated rings. The van der Waals surface area contributed by atoms with Gasteiger partial charge in [-0.1, -0.05) is 22.0 Å². The van der Waals surface area contributed by atoms with Crippen LogP contribution in [0.4, 0.5) is 18.9 Å². The molecule has 1 aliphatic heterocycles. The molecule has 0 atom stereocenters. The van der Waals surface area contributed by atoms with Crippen LogP contribution in [-0.4, -0.2) is 25.2 Å². The summed E-state index contributed by atoms with van der Waals surface area (Å²) >= 11 is 2.81. The molecule has 3 rings (SSSR count). The Hall–Kier alpha value is -2.75. The first-order valence-corrected chi connectivity index (χ1v) is 8.88. The first-order valence-electron chi connectivity index (χ1n) is 8.08. The molecule has 2 aromatic rings. The van der Waals surface area contributed by atoms with E-state index < -0.39 is 23.6 Å². The van der Waals surface area contributed by atoms with Gasteiger partial charge in [0.15, 0.2) is 11.5 Å². The molecule has 2 N–H and O–H groups in total. The lowest BCUT2D eigenvalue weighted by Crippen LogP contribution is -2.36. The zero-order valence-corrected chi connectivity index (χ0v) is 15.8. The van der Waals surface area contributed by atoms with Gasteiger partial charge in [0.2, 0.25) is 6.79 Å². The maximum atomic E-state index is 12.9. The van der Waals surface area contributed by atoms with Crippen LogP contribution in [0.25, 0.3) is 0 Å². The van der Waals surface area contributed by atoms with Crippen LogP contribution in [-0.2, 0) is 22.2 Å². The van der Waals surface area contributed by atoms with Crippen LogP contribution in [0.3, 0.4) is 0 Å². The molecule has 1 heterocycles. The average Bonchev–Trinajstić information content (AvgIpc) is 3.10. The number of ether oxygens (including phenoxy) is 2. The minimum atomic E-state index is -4.59. The molecule has 0 aromatic heterocycles. The van der Waals surface area contributed by atoms with E-state index in [1.165, 1.54) is 6.07 Å². The smallest absolute Gasteiger partial charge is 0.417 e. The molecule has 2 amide bonds. The molecular formula is C18H14BrF3N2O4. The topological polar surface area (TPSA) is 76.7 Å². The highest BCUT2D eigenvalue weighted by Crippen LogP contribution is 2.36. The Morgan fingerprint density at radius 3 is 2.54 bits per heavy atom. The third-order valence-corrected chi connectivity index (χ3v) is 4.56. The van der Waals surface area contributed by atoms with E-state index >= 15 is 0 Å². The highest BCUT2D eigenvalue weighted by Gasteiger charge is 2.33. The summed E-state index contributed by atoms with van der Waals surface area (Å²) in [5.74, 6) is -0.754. The summed E-state index contributed by atoms with van der Waals surface area (Å²) < 4.78 is 49.0. The van der Waals surface area contributed by atoms with E-state index in [2.05, 4.69) is 26.6 Å². The molecule has 0 saturated carbocycles. The van der Waals surface area contributed by atoms with Crippen LogP contribution in [0.5, 0.6) is 11.5 Å². The van der Waals surface area contributed by atoms with Crippen molar-refractivity contribution in [2.75, 3.05) is 18.7 Å². The highest BCUT2D eigenvalue weighted by atomic mass is 79.9. The minimum Gasteiger partial charge on any atom is -0.454 e. The van der Waals surface area contributed by atoms with Gasteiger partial charge >= 0.3 is 18.0 Å². The maximum Gasteiger partial charge on any atom is 0.417 e.